The van der Waals surface area contributed by atoms with Crippen molar-refractivity contribution in [3.05, 3.63) is 40.4 Å². The molecule has 0 aromatic heterocycles. The molecule has 2 aromatic rings. The maximum atomic E-state index is 10.8. The van der Waals surface area contributed by atoms with Crippen molar-refractivity contribution < 1.29 is 4.92 Å². The van der Waals surface area contributed by atoms with Crippen LogP contribution in [0.1, 0.15) is 0 Å². The van der Waals surface area contributed by atoms with Gasteiger partial charge in [0.1, 0.15) is 0 Å². The highest BCUT2D eigenvalue weighted by molar-refractivity contribution is 6.05. The van der Waals surface area contributed by atoms with Gasteiger partial charge < -0.3 is 11.5 Å². The number of anilines is 2. The predicted octanol–water partition coefficient (Wildman–Crippen LogP) is 1.91. The van der Waals surface area contributed by atoms with Gasteiger partial charge in [-0.25, -0.2) is 0 Å². The molecule has 0 spiro atoms. The zero-order valence-electron chi connectivity index (χ0n) is 7.81. The third kappa shape index (κ3) is 1.34. The Morgan fingerprint density at radius 1 is 1.07 bits per heavy atom. The number of nitrogen functional groups attached to an aromatic ring is 2. The fourth-order valence-electron chi connectivity index (χ4n) is 1.59. The number of nitro groups is 1. The standard InChI is InChI=1S/C10H9N3O2/c11-7-4-5-9(13(14)15)10-6(7)2-1-3-8(10)12/h1-5H,11-12H2. The summed E-state index contributed by atoms with van der Waals surface area (Å²) in [6.07, 6.45) is 0. The van der Waals surface area contributed by atoms with Gasteiger partial charge in [-0.3, -0.25) is 10.1 Å². The molecule has 2 aromatic carbocycles. The first kappa shape index (κ1) is 9.26. The Bertz CT molecular complexity index is 552. The van der Waals surface area contributed by atoms with Crippen molar-refractivity contribution in [2.24, 2.45) is 0 Å². The van der Waals surface area contributed by atoms with Gasteiger partial charge in [0.25, 0.3) is 5.69 Å². The summed E-state index contributed by atoms with van der Waals surface area (Å²) in [6.45, 7) is 0. The van der Waals surface area contributed by atoms with Crippen LogP contribution in [0.2, 0.25) is 0 Å². The monoisotopic (exact) mass is 203 g/mol. The number of nitro benzene ring substituents is 1. The molecule has 0 aliphatic rings. The van der Waals surface area contributed by atoms with Gasteiger partial charge >= 0.3 is 0 Å². The van der Waals surface area contributed by atoms with E-state index in [1.165, 1.54) is 12.1 Å². The molecule has 15 heavy (non-hydrogen) atoms. The van der Waals surface area contributed by atoms with Crippen molar-refractivity contribution >= 4 is 27.8 Å². The molecule has 0 heterocycles. The summed E-state index contributed by atoms with van der Waals surface area (Å²) in [7, 11) is 0. The third-order valence-corrected chi connectivity index (χ3v) is 2.28. The number of hydrogen-bond acceptors (Lipinski definition) is 4. The number of nitrogens with two attached hydrogens (primary N) is 2. The molecule has 0 amide bonds. The molecule has 0 radical (unpaired) electrons. The average molecular weight is 203 g/mol. The SMILES string of the molecule is Nc1ccc([N+](=O)[O-])c2c(N)cccc12. The second kappa shape index (κ2) is 3.13. The maximum Gasteiger partial charge on any atom is 0.279 e. The molecular weight excluding hydrogens is 194 g/mol. The van der Waals surface area contributed by atoms with Gasteiger partial charge in [-0.15, -0.1) is 0 Å². The zero-order valence-corrected chi connectivity index (χ0v) is 7.81. The van der Waals surface area contributed by atoms with Crippen molar-refractivity contribution in [1.29, 1.82) is 0 Å². The Hall–Kier alpha value is -2.30. The van der Waals surface area contributed by atoms with Gasteiger partial charge in [-0.05, 0) is 12.1 Å². The molecule has 0 fully saturated rings. The second-order valence-corrected chi connectivity index (χ2v) is 3.20. The van der Waals surface area contributed by atoms with Crippen LogP contribution in [0.15, 0.2) is 30.3 Å². The minimum absolute atomic E-state index is 0.0164. The van der Waals surface area contributed by atoms with E-state index in [-0.39, 0.29) is 5.69 Å². The number of rotatable bonds is 1. The highest BCUT2D eigenvalue weighted by Crippen LogP contribution is 2.33. The van der Waals surface area contributed by atoms with Crippen LogP contribution < -0.4 is 11.5 Å². The highest BCUT2D eigenvalue weighted by Gasteiger charge is 2.15. The smallest absolute Gasteiger partial charge is 0.279 e. The zero-order chi connectivity index (χ0) is 11.0. The van der Waals surface area contributed by atoms with Gasteiger partial charge in [0.2, 0.25) is 0 Å². The Labute approximate surface area is 85.4 Å². The lowest BCUT2D eigenvalue weighted by molar-refractivity contribution is -0.383. The van der Waals surface area contributed by atoms with Crippen molar-refractivity contribution in [3.8, 4) is 0 Å². The summed E-state index contributed by atoms with van der Waals surface area (Å²) in [6, 6.07) is 7.94. The molecule has 0 aliphatic heterocycles. The second-order valence-electron chi connectivity index (χ2n) is 3.20. The maximum absolute atomic E-state index is 10.8. The number of fused-ring (bicyclic) bond motifs is 1. The molecule has 2 rings (SSSR count). The first-order valence-corrected chi connectivity index (χ1v) is 4.32. The van der Waals surface area contributed by atoms with E-state index >= 15 is 0 Å². The lowest BCUT2D eigenvalue weighted by Gasteiger charge is -2.05. The van der Waals surface area contributed by atoms with Crippen LogP contribution in [0.4, 0.5) is 17.1 Å². The summed E-state index contributed by atoms with van der Waals surface area (Å²) in [4.78, 5) is 10.3. The molecule has 5 heteroatoms. The molecule has 5 nitrogen and oxygen atoms in total. The Balaban J connectivity index is 2.96. The summed E-state index contributed by atoms with van der Waals surface area (Å²) < 4.78 is 0. The predicted molar refractivity (Wildman–Crippen MR) is 59.4 cm³/mol. The van der Waals surface area contributed by atoms with Crippen LogP contribution in [-0.2, 0) is 0 Å². The van der Waals surface area contributed by atoms with Gasteiger partial charge in [-0.1, -0.05) is 12.1 Å². The molecule has 0 saturated carbocycles. The summed E-state index contributed by atoms with van der Waals surface area (Å²) >= 11 is 0. The van der Waals surface area contributed by atoms with Crippen molar-refractivity contribution in [3.63, 3.8) is 0 Å². The van der Waals surface area contributed by atoms with Crippen molar-refractivity contribution in [2.75, 3.05) is 11.5 Å². The fraction of sp³-hybridized carbons (Fsp3) is 0. The van der Waals surface area contributed by atoms with Gasteiger partial charge in [0.15, 0.2) is 0 Å². The van der Waals surface area contributed by atoms with Gasteiger partial charge in [-0.2, -0.15) is 0 Å². The molecule has 0 aliphatic carbocycles. The average Bonchev–Trinajstić information content (AvgIpc) is 2.19. The number of benzene rings is 2. The summed E-state index contributed by atoms with van der Waals surface area (Å²) in [5, 5.41) is 11.8. The quantitative estimate of drug-likeness (QED) is 0.420. The lowest BCUT2D eigenvalue weighted by atomic mass is 10.1. The normalized spacial score (nSPS) is 10.4. The molecule has 0 unspecified atom stereocenters. The number of hydrogen-bond donors (Lipinski definition) is 2. The Morgan fingerprint density at radius 2 is 1.80 bits per heavy atom. The van der Waals surface area contributed by atoms with Gasteiger partial charge in [0, 0.05) is 22.8 Å². The Kier molecular flexibility index (Phi) is 1.93. The molecular formula is C10H9N3O2. The van der Waals surface area contributed by atoms with Crippen molar-refractivity contribution in [2.45, 2.75) is 0 Å². The van der Waals surface area contributed by atoms with Crippen LogP contribution in [0.25, 0.3) is 10.8 Å². The van der Waals surface area contributed by atoms with E-state index in [0.717, 1.165) is 0 Å². The van der Waals surface area contributed by atoms with E-state index in [1.807, 2.05) is 0 Å². The largest absolute Gasteiger partial charge is 0.398 e. The van der Waals surface area contributed by atoms with Crippen molar-refractivity contribution in [1.82, 2.24) is 0 Å². The van der Waals surface area contributed by atoms with Crippen LogP contribution in [0, 0.1) is 10.1 Å². The highest BCUT2D eigenvalue weighted by atomic mass is 16.6. The molecule has 76 valence electrons. The van der Waals surface area contributed by atoms with E-state index in [2.05, 4.69) is 0 Å². The fourth-order valence-corrected chi connectivity index (χ4v) is 1.59. The van der Waals surface area contributed by atoms with Crippen LogP contribution >= 0.6 is 0 Å². The van der Waals surface area contributed by atoms with E-state index in [9.17, 15) is 10.1 Å². The molecule has 4 N–H and O–H groups in total. The van der Waals surface area contributed by atoms with Crippen LogP contribution in [0.5, 0.6) is 0 Å². The summed E-state index contributed by atoms with van der Waals surface area (Å²) in [5.74, 6) is 0. The molecule has 0 atom stereocenters. The summed E-state index contributed by atoms with van der Waals surface area (Å²) in [5.41, 5.74) is 12.3. The van der Waals surface area contributed by atoms with Gasteiger partial charge in [0.05, 0.1) is 10.3 Å². The van der Waals surface area contributed by atoms with E-state index in [4.69, 9.17) is 11.5 Å². The number of nitrogens with zero attached hydrogens (tertiary/aromatic N) is 1. The number of non-ortho nitro benzene ring substituents is 1. The van der Waals surface area contributed by atoms with E-state index < -0.39 is 4.92 Å². The molecule has 0 saturated heterocycles. The topological polar surface area (TPSA) is 95.2 Å². The van der Waals surface area contributed by atoms with Crippen LogP contribution in [0.3, 0.4) is 0 Å². The van der Waals surface area contributed by atoms with E-state index in [1.54, 1.807) is 18.2 Å². The molecule has 0 bridgehead atoms. The minimum atomic E-state index is -0.460. The Morgan fingerprint density at radius 3 is 2.47 bits per heavy atom. The van der Waals surface area contributed by atoms with E-state index in [0.29, 0.717) is 22.1 Å². The first-order valence-electron chi connectivity index (χ1n) is 4.32. The minimum Gasteiger partial charge on any atom is -0.398 e. The third-order valence-electron chi connectivity index (χ3n) is 2.28. The van der Waals surface area contributed by atoms with Crippen LogP contribution in [-0.4, -0.2) is 4.92 Å². The first-order chi connectivity index (χ1) is 7.11. The lowest BCUT2D eigenvalue weighted by Crippen LogP contribution is -1.96.